The molecule has 98 valence electrons. The molecule has 0 bridgehead atoms. The number of amides is 1. The first kappa shape index (κ1) is 11.6. The Morgan fingerprint density at radius 2 is 2.06 bits per heavy atom. The van der Waals surface area contributed by atoms with Crippen LogP contribution in [0.5, 0.6) is 0 Å². The molecule has 0 atom stereocenters. The van der Waals surface area contributed by atoms with Crippen molar-refractivity contribution in [1.29, 1.82) is 0 Å². The molecule has 0 spiro atoms. The number of carbonyl (C=O) groups is 1. The maximum atomic E-state index is 12.1. The molecule has 0 aromatic carbocycles. The molecule has 1 aromatic rings. The standard InChI is InChI=1S/C12H18N4O2/c17-12(9-5-7-18-8-6-9)14-16-11-4-2-1-3-10(11)13-15-16/h9H,1-8H2,(H,14,17). The molecular formula is C12H18N4O2. The molecule has 1 aromatic heterocycles. The maximum Gasteiger partial charge on any atom is 0.243 e. The van der Waals surface area contributed by atoms with Crippen LogP contribution in [0.2, 0.25) is 0 Å². The van der Waals surface area contributed by atoms with E-state index in [2.05, 4.69) is 15.7 Å². The third-order valence-corrected chi connectivity index (χ3v) is 3.73. The van der Waals surface area contributed by atoms with Gasteiger partial charge < -0.3 is 4.74 Å². The number of carbonyl (C=O) groups excluding carboxylic acids is 1. The summed E-state index contributed by atoms with van der Waals surface area (Å²) in [7, 11) is 0. The van der Waals surface area contributed by atoms with Gasteiger partial charge in [-0.25, -0.2) is 5.43 Å². The van der Waals surface area contributed by atoms with Crippen molar-refractivity contribution in [1.82, 2.24) is 15.1 Å². The summed E-state index contributed by atoms with van der Waals surface area (Å²) in [6, 6.07) is 0. The minimum atomic E-state index is 0.0385. The lowest BCUT2D eigenvalue weighted by Crippen LogP contribution is -2.34. The Balaban J connectivity index is 1.68. The Morgan fingerprint density at radius 1 is 1.28 bits per heavy atom. The van der Waals surface area contributed by atoms with Crippen LogP contribution in [-0.2, 0) is 22.4 Å². The van der Waals surface area contributed by atoms with Crippen molar-refractivity contribution >= 4 is 5.91 Å². The van der Waals surface area contributed by atoms with E-state index in [-0.39, 0.29) is 11.8 Å². The molecule has 6 nitrogen and oxygen atoms in total. The quantitative estimate of drug-likeness (QED) is 0.837. The van der Waals surface area contributed by atoms with Gasteiger partial charge in [-0.1, -0.05) is 0 Å². The second kappa shape index (κ2) is 5.06. The minimum absolute atomic E-state index is 0.0385. The van der Waals surface area contributed by atoms with E-state index in [4.69, 9.17) is 4.74 Å². The zero-order chi connectivity index (χ0) is 12.4. The van der Waals surface area contributed by atoms with Gasteiger partial charge in [0.05, 0.1) is 11.4 Å². The fraction of sp³-hybridized carbons (Fsp3) is 0.750. The first-order chi connectivity index (χ1) is 8.84. The van der Waals surface area contributed by atoms with Crippen LogP contribution in [0, 0.1) is 5.92 Å². The van der Waals surface area contributed by atoms with Gasteiger partial charge in [-0.2, -0.15) is 4.79 Å². The number of rotatable bonds is 2. The molecule has 2 heterocycles. The largest absolute Gasteiger partial charge is 0.381 e. The number of ether oxygens (including phenoxy) is 1. The van der Waals surface area contributed by atoms with E-state index < -0.39 is 0 Å². The van der Waals surface area contributed by atoms with Gasteiger partial charge >= 0.3 is 0 Å². The smallest absolute Gasteiger partial charge is 0.243 e. The lowest BCUT2D eigenvalue weighted by molar-refractivity contribution is -0.123. The number of aromatic nitrogens is 3. The molecule has 3 rings (SSSR count). The van der Waals surface area contributed by atoms with E-state index in [0.29, 0.717) is 13.2 Å². The second-order valence-electron chi connectivity index (χ2n) is 4.96. The molecule has 18 heavy (non-hydrogen) atoms. The predicted octanol–water partition coefficient (Wildman–Crippen LogP) is 0.654. The van der Waals surface area contributed by atoms with Crippen LogP contribution in [0.25, 0.3) is 0 Å². The molecule has 1 saturated heterocycles. The number of hydrogen-bond donors (Lipinski definition) is 1. The van der Waals surface area contributed by atoms with Crippen molar-refractivity contribution in [2.75, 3.05) is 18.6 Å². The van der Waals surface area contributed by atoms with E-state index in [1.807, 2.05) is 0 Å². The third kappa shape index (κ3) is 2.25. The van der Waals surface area contributed by atoms with Gasteiger partial charge in [0.1, 0.15) is 0 Å². The highest BCUT2D eigenvalue weighted by Gasteiger charge is 2.24. The summed E-state index contributed by atoms with van der Waals surface area (Å²) in [5.41, 5.74) is 4.97. The summed E-state index contributed by atoms with van der Waals surface area (Å²) in [6.45, 7) is 1.35. The Kier molecular flexibility index (Phi) is 3.27. The average molecular weight is 250 g/mol. The number of fused-ring (bicyclic) bond motifs is 1. The van der Waals surface area contributed by atoms with Crippen molar-refractivity contribution < 1.29 is 9.53 Å². The van der Waals surface area contributed by atoms with E-state index in [0.717, 1.165) is 43.5 Å². The van der Waals surface area contributed by atoms with Crippen molar-refractivity contribution in [3.05, 3.63) is 11.4 Å². The first-order valence-corrected chi connectivity index (χ1v) is 6.66. The zero-order valence-electron chi connectivity index (χ0n) is 10.4. The molecule has 1 aliphatic heterocycles. The summed E-state index contributed by atoms with van der Waals surface area (Å²) >= 11 is 0. The summed E-state index contributed by atoms with van der Waals surface area (Å²) in [5, 5.41) is 8.16. The van der Waals surface area contributed by atoms with Gasteiger partial charge in [-0.15, -0.1) is 5.10 Å². The Labute approximate surface area is 106 Å². The van der Waals surface area contributed by atoms with Crippen molar-refractivity contribution in [2.45, 2.75) is 38.5 Å². The van der Waals surface area contributed by atoms with Crippen LogP contribution in [0.4, 0.5) is 0 Å². The molecule has 0 unspecified atom stereocenters. The monoisotopic (exact) mass is 250 g/mol. The zero-order valence-corrected chi connectivity index (χ0v) is 10.4. The molecule has 0 radical (unpaired) electrons. The molecule has 1 amide bonds. The summed E-state index contributed by atoms with van der Waals surface area (Å²) in [4.78, 5) is 13.7. The second-order valence-corrected chi connectivity index (χ2v) is 4.96. The van der Waals surface area contributed by atoms with E-state index in [1.165, 1.54) is 6.42 Å². The van der Waals surface area contributed by atoms with Gasteiger partial charge in [-0.3, -0.25) is 4.79 Å². The fourth-order valence-electron chi connectivity index (χ4n) is 2.61. The van der Waals surface area contributed by atoms with Crippen LogP contribution in [0.3, 0.4) is 0 Å². The van der Waals surface area contributed by atoms with Crippen LogP contribution in [0.1, 0.15) is 37.1 Å². The van der Waals surface area contributed by atoms with Gasteiger partial charge in [0.25, 0.3) is 0 Å². The van der Waals surface area contributed by atoms with Crippen LogP contribution >= 0.6 is 0 Å². The van der Waals surface area contributed by atoms with Crippen LogP contribution in [-0.4, -0.2) is 34.2 Å². The van der Waals surface area contributed by atoms with Gasteiger partial charge in [-0.05, 0) is 43.7 Å². The normalized spacial score (nSPS) is 20.4. The summed E-state index contributed by atoms with van der Waals surface area (Å²) in [6.07, 6.45) is 5.83. The van der Waals surface area contributed by atoms with Gasteiger partial charge in [0.15, 0.2) is 0 Å². The molecular weight excluding hydrogens is 232 g/mol. The Hall–Kier alpha value is -1.43. The van der Waals surface area contributed by atoms with Crippen molar-refractivity contribution in [3.8, 4) is 0 Å². The highest BCUT2D eigenvalue weighted by atomic mass is 16.5. The maximum absolute atomic E-state index is 12.1. The van der Waals surface area contributed by atoms with Crippen molar-refractivity contribution in [2.24, 2.45) is 5.92 Å². The predicted molar refractivity (Wildman–Crippen MR) is 64.6 cm³/mol. The molecule has 1 fully saturated rings. The van der Waals surface area contributed by atoms with E-state index >= 15 is 0 Å². The van der Waals surface area contributed by atoms with Gasteiger partial charge in [0, 0.05) is 19.1 Å². The molecule has 0 saturated carbocycles. The topological polar surface area (TPSA) is 69.0 Å². The average Bonchev–Trinajstić information content (AvgIpc) is 2.83. The minimum Gasteiger partial charge on any atom is -0.381 e. The number of hydrogen-bond acceptors (Lipinski definition) is 4. The van der Waals surface area contributed by atoms with Crippen LogP contribution in [0.15, 0.2) is 0 Å². The lowest BCUT2D eigenvalue weighted by Gasteiger charge is -2.21. The number of aryl methyl sites for hydroxylation is 1. The van der Waals surface area contributed by atoms with Crippen LogP contribution < -0.4 is 5.43 Å². The summed E-state index contributed by atoms with van der Waals surface area (Å²) in [5.74, 6) is 0.0822. The van der Waals surface area contributed by atoms with E-state index in [1.54, 1.807) is 4.79 Å². The van der Waals surface area contributed by atoms with Crippen molar-refractivity contribution in [3.63, 3.8) is 0 Å². The molecule has 1 N–H and O–H groups in total. The molecule has 1 aliphatic carbocycles. The molecule has 6 heteroatoms. The fourth-order valence-corrected chi connectivity index (χ4v) is 2.61. The molecule has 2 aliphatic rings. The lowest BCUT2D eigenvalue weighted by atomic mass is 10.00. The Morgan fingerprint density at radius 3 is 2.89 bits per heavy atom. The van der Waals surface area contributed by atoms with E-state index in [9.17, 15) is 4.79 Å². The first-order valence-electron chi connectivity index (χ1n) is 6.66. The number of nitrogens with one attached hydrogen (secondary N) is 1. The SMILES string of the molecule is O=C(Nn1nnc2c1CCCC2)C1CCOCC1. The van der Waals surface area contributed by atoms with Gasteiger partial charge in [0.2, 0.25) is 5.91 Å². The Bertz CT molecular complexity index is 437. The third-order valence-electron chi connectivity index (χ3n) is 3.73. The highest BCUT2D eigenvalue weighted by Crippen LogP contribution is 2.19. The summed E-state index contributed by atoms with van der Waals surface area (Å²) < 4.78 is 5.26. The highest BCUT2D eigenvalue weighted by molar-refractivity contribution is 5.86. The number of nitrogens with zero attached hydrogens (tertiary/aromatic N) is 3.